The molecule has 0 bridgehead atoms. The van der Waals surface area contributed by atoms with Gasteiger partial charge >= 0.3 is 5.91 Å². The van der Waals surface area contributed by atoms with Crippen LogP contribution < -0.4 is 0 Å². The van der Waals surface area contributed by atoms with E-state index < -0.39 is 24.2 Å². The molecule has 1 rings (SSSR count). The van der Waals surface area contributed by atoms with Gasteiger partial charge in [0.15, 0.2) is 0 Å². The Morgan fingerprint density at radius 3 is 2.56 bits per heavy atom. The number of benzene rings is 1. The minimum Gasteiger partial charge on any atom is -0.388 e. The molecule has 0 fully saturated rings. The van der Waals surface area contributed by atoms with Gasteiger partial charge in [0, 0.05) is 19.0 Å². The lowest BCUT2D eigenvalue weighted by Gasteiger charge is -2.13. The van der Waals surface area contributed by atoms with E-state index in [1.165, 1.54) is 12.1 Å². The van der Waals surface area contributed by atoms with Gasteiger partial charge in [-0.2, -0.15) is 0 Å². The van der Waals surface area contributed by atoms with Crippen LogP contribution in [0.1, 0.15) is 18.1 Å². The summed E-state index contributed by atoms with van der Waals surface area (Å²) in [5.41, 5.74) is 0.255. The monoisotopic (exact) mass is 291 g/mol. The normalized spacial score (nSPS) is 12.1. The zero-order valence-electron chi connectivity index (χ0n) is 9.43. The second-order valence-electron chi connectivity index (χ2n) is 3.61. The van der Waals surface area contributed by atoms with E-state index in [2.05, 4.69) is 0 Å². The zero-order chi connectivity index (χ0) is 13.9. The smallest absolute Gasteiger partial charge is 0.313 e. The lowest BCUT2D eigenvalue weighted by Crippen LogP contribution is -2.31. The van der Waals surface area contributed by atoms with E-state index in [0.29, 0.717) is 0 Å². The van der Waals surface area contributed by atoms with Gasteiger partial charge < -0.3 is 5.11 Å². The number of aliphatic hydroxyl groups is 1. The third-order valence-electron chi connectivity index (χ3n) is 2.25. The molecular formula is C11H11Cl2NO4. The molecule has 98 valence electrons. The number of amides is 1. The fourth-order valence-electron chi connectivity index (χ4n) is 1.33. The molecule has 1 atom stereocenters. The van der Waals surface area contributed by atoms with E-state index in [9.17, 15) is 14.7 Å². The lowest BCUT2D eigenvalue weighted by molar-refractivity contribution is -0.166. The highest BCUT2D eigenvalue weighted by Crippen LogP contribution is 2.31. The molecule has 0 saturated heterocycles. The summed E-state index contributed by atoms with van der Waals surface area (Å²) in [4.78, 5) is 22.5. The fourth-order valence-corrected chi connectivity index (χ4v) is 1.76. The number of hydroxylamine groups is 2. The first-order chi connectivity index (χ1) is 8.34. The molecule has 0 spiro atoms. The van der Waals surface area contributed by atoms with E-state index in [1.54, 1.807) is 6.07 Å². The number of hydrogen-bond donors (Lipinski definition) is 2. The van der Waals surface area contributed by atoms with Crippen LogP contribution in [-0.4, -0.2) is 34.1 Å². The van der Waals surface area contributed by atoms with Crippen molar-refractivity contribution in [1.29, 1.82) is 0 Å². The van der Waals surface area contributed by atoms with E-state index in [1.807, 2.05) is 0 Å². The predicted molar refractivity (Wildman–Crippen MR) is 65.6 cm³/mol. The number of Topliss-reactive ketones (excluding diaryl/α,β-unsaturated/α-hetero) is 1. The summed E-state index contributed by atoms with van der Waals surface area (Å²) in [6.07, 6.45) is -1.74. The van der Waals surface area contributed by atoms with Crippen molar-refractivity contribution >= 4 is 34.9 Å². The molecule has 1 amide bonds. The summed E-state index contributed by atoms with van der Waals surface area (Å²) >= 11 is 11.6. The summed E-state index contributed by atoms with van der Waals surface area (Å²) in [5.74, 6) is -2.03. The molecule has 1 aromatic carbocycles. The second-order valence-corrected chi connectivity index (χ2v) is 4.40. The van der Waals surface area contributed by atoms with Gasteiger partial charge in [-0.15, -0.1) is 0 Å². The van der Waals surface area contributed by atoms with Gasteiger partial charge in [0.25, 0.3) is 0 Å². The van der Waals surface area contributed by atoms with Gasteiger partial charge in [-0.1, -0.05) is 35.3 Å². The number of carbonyl (C=O) groups excluding carboxylic acids is 2. The van der Waals surface area contributed by atoms with Gasteiger partial charge in [-0.05, 0) is 6.07 Å². The van der Waals surface area contributed by atoms with E-state index in [0.717, 1.165) is 7.05 Å². The van der Waals surface area contributed by atoms with Gasteiger partial charge in [-0.25, -0.2) is 5.06 Å². The average molecular weight is 292 g/mol. The Kier molecular flexibility index (Phi) is 5.10. The number of carbonyl (C=O) groups is 2. The molecule has 0 heterocycles. The molecule has 0 aliphatic carbocycles. The molecule has 1 unspecified atom stereocenters. The first kappa shape index (κ1) is 14.9. The van der Waals surface area contributed by atoms with Crippen LogP contribution in [0.5, 0.6) is 0 Å². The van der Waals surface area contributed by atoms with Gasteiger partial charge in [0.2, 0.25) is 5.78 Å². The summed E-state index contributed by atoms with van der Waals surface area (Å²) < 4.78 is 0. The molecule has 5 nitrogen and oxygen atoms in total. The van der Waals surface area contributed by atoms with Crippen LogP contribution in [0.3, 0.4) is 0 Å². The minimum absolute atomic E-state index is 0.129. The number of hydrogen-bond acceptors (Lipinski definition) is 4. The third kappa shape index (κ3) is 3.43. The molecule has 0 aromatic heterocycles. The molecule has 18 heavy (non-hydrogen) atoms. The zero-order valence-corrected chi connectivity index (χ0v) is 10.9. The van der Waals surface area contributed by atoms with Crippen molar-refractivity contribution in [1.82, 2.24) is 5.06 Å². The van der Waals surface area contributed by atoms with Crippen LogP contribution in [0.15, 0.2) is 18.2 Å². The van der Waals surface area contributed by atoms with Gasteiger partial charge in [0.1, 0.15) is 0 Å². The topological polar surface area (TPSA) is 77.8 Å². The van der Waals surface area contributed by atoms with Crippen LogP contribution >= 0.6 is 23.2 Å². The molecule has 0 radical (unpaired) electrons. The van der Waals surface area contributed by atoms with Gasteiger partial charge in [-0.3, -0.25) is 14.8 Å². The Labute approximate surface area is 113 Å². The SMILES string of the molecule is CN(O)C(=O)C(=O)CC(O)c1cccc(Cl)c1Cl. The minimum atomic E-state index is -1.26. The largest absolute Gasteiger partial charge is 0.388 e. The predicted octanol–water partition coefficient (Wildman–Crippen LogP) is 1.83. The van der Waals surface area contributed by atoms with Crippen LogP contribution in [-0.2, 0) is 9.59 Å². The summed E-state index contributed by atoms with van der Waals surface area (Å²) in [6.45, 7) is 0. The molecule has 2 N–H and O–H groups in total. The first-order valence-corrected chi connectivity index (χ1v) is 5.72. The molecule has 1 aromatic rings. The molecule has 0 saturated carbocycles. The molecule has 0 aliphatic heterocycles. The quantitative estimate of drug-likeness (QED) is 0.504. The number of likely N-dealkylation sites (N-methyl/N-ethyl adjacent to an activating group) is 1. The summed E-state index contributed by atoms with van der Waals surface area (Å²) in [5, 5.41) is 19.2. The van der Waals surface area contributed by atoms with Crippen molar-refractivity contribution in [2.45, 2.75) is 12.5 Å². The van der Waals surface area contributed by atoms with E-state index in [4.69, 9.17) is 28.4 Å². The number of halogens is 2. The van der Waals surface area contributed by atoms with E-state index in [-0.39, 0.29) is 20.7 Å². The highest BCUT2D eigenvalue weighted by atomic mass is 35.5. The number of ketones is 1. The fraction of sp³-hybridized carbons (Fsp3) is 0.273. The Morgan fingerprint density at radius 2 is 2.00 bits per heavy atom. The third-order valence-corrected chi connectivity index (χ3v) is 3.09. The van der Waals surface area contributed by atoms with Crippen LogP contribution in [0.2, 0.25) is 10.0 Å². The van der Waals surface area contributed by atoms with Gasteiger partial charge in [0.05, 0.1) is 16.1 Å². The number of aliphatic hydroxyl groups excluding tert-OH is 1. The first-order valence-electron chi connectivity index (χ1n) is 4.96. The van der Waals surface area contributed by atoms with Crippen molar-refractivity contribution in [2.75, 3.05) is 7.05 Å². The summed E-state index contributed by atoms with van der Waals surface area (Å²) in [6, 6.07) is 4.60. The lowest BCUT2D eigenvalue weighted by atomic mass is 10.0. The van der Waals surface area contributed by atoms with Crippen molar-refractivity contribution in [3.8, 4) is 0 Å². The maximum absolute atomic E-state index is 11.4. The van der Waals surface area contributed by atoms with E-state index >= 15 is 0 Å². The number of nitrogens with zero attached hydrogens (tertiary/aromatic N) is 1. The second kappa shape index (κ2) is 6.15. The molecule has 7 heteroatoms. The highest BCUT2D eigenvalue weighted by molar-refractivity contribution is 6.42. The average Bonchev–Trinajstić information content (AvgIpc) is 2.31. The van der Waals surface area contributed by atoms with Crippen molar-refractivity contribution in [3.63, 3.8) is 0 Å². The highest BCUT2D eigenvalue weighted by Gasteiger charge is 2.23. The maximum atomic E-state index is 11.4. The Balaban J connectivity index is 2.83. The van der Waals surface area contributed by atoms with Crippen molar-refractivity contribution in [3.05, 3.63) is 33.8 Å². The van der Waals surface area contributed by atoms with Crippen LogP contribution in [0.4, 0.5) is 0 Å². The Hall–Kier alpha value is -1.14. The Bertz CT molecular complexity index is 476. The van der Waals surface area contributed by atoms with Crippen molar-refractivity contribution < 1.29 is 19.9 Å². The standard InChI is InChI=1S/C11H11Cl2NO4/c1-14(18)11(17)9(16)5-8(15)6-3-2-4-7(12)10(6)13/h2-4,8,15,18H,5H2,1H3. The molecule has 0 aliphatic rings. The maximum Gasteiger partial charge on any atom is 0.313 e. The molecular weight excluding hydrogens is 281 g/mol. The van der Waals surface area contributed by atoms with Crippen LogP contribution in [0, 0.1) is 0 Å². The van der Waals surface area contributed by atoms with Crippen LogP contribution in [0.25, 0.3) is 0 Å². The summed E-state index contributed by atoms with van der Waals surface area (Å²) in [7, 11) is 1.03. The Morgan fingerprint density at radius 1 is 1.39 bits per heavy atom. The number of rotatable bonds is 4. The van der Waals surface area contributed by atoms with Crippen molar-refractivity contribution in [2.24, 2.45) is 0 Å².